The molecule has 0 unspecified atom stereocenters. The molecule has 0 heterocycles. The van der Waals surface area contributed by atoms with Crippen LogP contribution in [0, 0.1) is 17.2 Å². The van der Waals surface area contributed by atoms with Crippen LogP contribution in [0.5, 0.6) is 0 Å². The fourth-order valence-electron chi connectivity index (χ4n) is 3.55. The Bertz CT molecular complexity index is 615. The van der Waals surface area contributed by atoms with Crippen LogP contribution in [0.4, 0.5) is 10.1 Å². The molecule has 0 aromatic heterocycles. The lowest BCUT2D eigenvalue weighted by Gasteiger charge is -2.54. The van der Waals surface area contributed by atoms with Crippen molar-refractivity contribution in [1.29, 1.82) is 0 Å². The molecule has 3 nitrogen and oxygen atoms in total. The number of nitrogens with one attached hydrogen (secondary N) is 1. The molecule has 5 heteroatoms. The highest BCUT2D eigenvalue weighted by atomic mass is 32.2. The topological polar surface area (TPSA) is 46.2 Å². The second-order valence-electron chi connectivity index (χ2n) is 6.43. The van der Waals surface area contributed by atoms with E-state index in [1.54, 1.807) is 6.07 Å². The molecule has 110 valence electrons. The Balaban J connectivity index is 1.61. The van der Waals surface area contributed by atoms with Crippen molar-refractivity contribution >= 4 is 15.5 Å². The van der Waals surface area contributed by atoms with Gasteiger partial charge in [0.1, 0.15) is 10.7 Å². The molecule has 2 aliphatic carbocycles. The van der Waals surface area contributed by atoms with Crippen LogP contribution in [0.15, 0.2) is 23.1 Å². The second kappa shape index (κ2) is 4.72. The Kier molecular flexibility index (Phi) is 3.27. The van der Waals surface area contributed by atoms with E-state index in [2.05, 4.69) is 5.32 Å². The summed E-state index contributed by atoms with van der Waals surface area (Å²) in [5, 5.41) is 3.24. The van der Waals surface area contributed by atoms with Crippen molar-refractivity contribution in [3.05, 3.63) is 24.0 Å². The Morgan fingerprint density at radius 1 is 1.35 bits per heavy atom. The predicted octanol–water partition coefficient (Wildman–Crippen LogP) is 3.22. The molecule has 2 fully saturated rings. The molecule has 1 aromatic rings. The fraction of sp³-hybridized carbons (Fsp3) is 0.600. The van der Waals surface area contributed by atoms with Crippen molar-refractivity contribution in [3.8, 4) is 0 Å². The smallest absolute Gasteiger partial charge is 0.178 e. The normalized spacial score (nSPS) is 21.3. The number of hydrogen-bond donors (Lipinski definition) is 1. The Morgan fingerprint density at radius 2 is 2.05 bits per heavy atom. The van der Waals surface area contributed by atoms with Gasteiger partial charge in [-0.2, -0.15) is 0 Å². The lowest BCUT2D eigenvalue weighted by atomic mass is 9.52. The highest BCUT2D eigenvalue weighted by Crippen LogP contribution is 2.58. The minimum absolute atomic E-state index is 0.230. The maximum Gasteiger partial charge on any atom is 0.178 e. The van der Waals surface area contributed by atoms with Gasteiger partial charge < -0.3 is 5.32 Å². The van der Waals surface area contributed by atoms with Crippen LogP contribution in [0.3, 0.4) is 0 Å². The van der Waals surface area contributed by atoms with E-state index in [0.717, 1.165) is 12.8 Å². The molecule has 0 aliphatic heterocycles. The summed E-state index contributed by atoms with van der Waals surface area (Å²) in [5.74, 6) is -0.0165. The molecule has 3 rings (SSSR count). The summed E-state index contributed by atoms with van der Waals surface area (Å²) in [6.45, 7) is 0.844. The molecule has 1 N–H and O–H groups in total. The molecule has 0 amide bonds. The molecular weight excluding hydrogens is 277 g/mol. The Morgan fingerprint density at radius 3 is 2.60 bits per heavy atom. The van der Waals surface area contributed by atoms with E-state index in [1.165, 1.54) is 44.2 Å². The molecule has 0 radical (unpaired) electrons. The van der Waals surface area contributed by atoms with Gasteiger partial charge in [0.15, 0.2) is 9.84 Å². The summed E-state index contributed by atoms with van der Waals surface area (Å²) in [7, 11) is -3.51. The maximum atomic E-state index is 13.5. The SMILES string of the molecule is CS(=O)(=O)c1cc(NCC2CC3(CCC3)C2)ccc1F. The largest absolute Gasteiger partial charge is 0.385 e. The van der Waals surface area contributed by atoms with Gasteiger partial charge in [-0.25, -0.2) is 12.8 Å². The van der Waals surface area contributed by atoms with Gasteiger partial charge in [0.05, 0.1) is 0 Å². The average Bonchev–Trinajstić information content (AvgIpc) is 2.25. The summed E-state index contributed by atoms with van der Waals surface area (Å²) < 4.78 is 36.4. The summed E-state index contributed by atoms with van der Waals surface area (Å²) in [5.41, 5.74) is 1.33. The average molecular weight is 297 g/mol. The number of benzene rings is 1. The van der Waals surface area contributed by atoms with E-state index >= 15 is 0 Å². The quantitative estimate of drug-likeness (QED) is 0.928. The summed E-state index contributed by atoms with van der Waals surface area (Å²) >= 11 is 0. The number of sulfone groups is 1. The minimum atomic E-state index is -3.51. The van der Waals surface area contributed by atoms with Crippen molar-refractivity contribution in [1.82, 2.24) is 0 Å². The van der Waals surface area contributed by atoms with Crippen LogP contribution in [0.25, 0.3) is 0 Å². The Hall–Kier alpha value is -1.10. The van der Waals surface area contributed by atoms with Crippen molar-refractivity contribution in [2.24, 2.45) is 11.3 Å². The van der Waals surface area contributed by atoms with E-state index in [0.29, 0.717) is 17.0 Å². The zero-order chi connectivity index (χ0) is 14.4. The molecule has 0 atom stereocenters. The molecule has 2 saturated carbocycles. The lowest BCUT2D eigenvalue weighted by molar-refractivity contribution is -0.0185. The highest BCUT2D eigenvalue weighted by Gasteiger charge is 2.47. The third-order valence-corrected chi connectivity index (χ3v) is 5.89. The molecule has 20 heavy (non-hydrogen) atoms. The molecule has 1 aromatic carbocycles. The minimum Gasteiger partial charge on any atom is -0.385 e. The molecular formula is C15H20FNO2S. The van der Waals surface area contributed by atoms with E-state index in [-0.39, 0.29) is 4.90 Å². The van der Waals surface area contributed by atoms with E-state index in [9.17, 15) is 12.8 Å². The van der Waals surface area contributed by atoms with Crippen LogP contribution in [-0.4, -0.2) is 21.2 Å². The third kappa shape index (κ3) is 2.55. The predicted molar refractivity (Wildman–Crippen MR) is 77.0 cm³/mol. The molecule has 0 bridgehead atoms. The first-order valence-corrected chi connectivity index (χ1v) is 9.01. The van der Waals surface area contributed by atoms with Crippen LogP contribution in [-0.2, 0) is 9.84 Å². The van der Waals surface area contributed by atoms with Gasteiger partial charge in [0.2, 0.25) is 0 Å². The third-order valence-electron chi connectivity index (χ3n) is 4.78. The van der Waals surface area contributed by atoms with Crippen molar-refractivity contribution in [3.63, 3.8) is 0 Å². The van der Waals surface area contributed by atoms with Gasteiger partial charge in [0, 0.05) is 18.5 Å². The van der Waals surface area contributed by atoms with Gasteiger partial charge in [0.25, 0.3) is 0 Å². The number of hydrogen-bond acceptors (Lipinski definition) is 3. The first-order chi connectivity index (χ1) is 9.38. The van der Waals surface area contributed by atoms with Gasteiger partial charge in [-0.05, 0) is 55.2 Å². The summed E-state index contributed by atoms with van der Waals surface area (Å²) in [4.78, 5) is -0.230. The van der Waals surface area contributed by atoms with Crippen LogP contribution in [0.1, 0.15) is 32.1 Å². The zero-order valence-electron chi connectivity index (χ0n) is 11.7. The first kappa shape index (κ1) is 13.9. The second-order valence-corrected chi connectivity index (χ2v) is 8.41. The van der Waals surface area contributed by atoms with Crippen LogP contribution < -0.4 is 5.32 Å². The van der Waals surface area contributed by atoms with Crippen molar-refractivity contribution in [2.75, 3.05) is 18.1 Å². The monoisotopic (exact) mass is 297 g/mol. The van der Waals surface area contributed by atoms with E-state index in [4.69, 9.17) is 0 Å². The summed E-state index contributed by atoms with van der Waals surface area (Å²) in [6, 6.07) is 4.21. The molecule has 1 spiro atoms. The number of rotatable bonds is 4. The van der Waals surface area contributed by atoms with Crippen molar-refractivity contribution in [2.45, 2.75) is 37.0 Å². The zero-order valence-corrected chi connectivity index (χ0v) is 12.5. The molecule has 2 aliphatic rings. The van der Waals surface area contributed by atoms with Crippen LogP contribution in [0.2, 0.25) is 0 Å². The van der Waals surface area contributed by atoms with Crippen molar-refractivity contribution < 1.29 is 12.8 Å². The van der Waals surface area contributed by atoms with E-state index in [1.807, 2.05) is 0 Å². The fourth-order valence-corrected chi connectivity index (χ4v) is 4.32. The number of anilines is 1. The van der Waals surface area contributed by atoms with Gasteiger partial charge in [-0.1, -0.05) is 6.42 Å². The van der Waals surface area contributed by atoms with Gasteiger partial charge >= 0.3 is 0 Å². The van der Waals surface area contributed by atoms with E-state index < -0.39 is 15.7 Å². The van der Waals surface area contributed by atoms with Gasteiger partial charge in [-0.3, -0.25) is 0 Å². The highest BCUT2D eigenvalue weighted by molar-refractivity contribution is 7.90. The van der Waals surface area contributed by atoms with Gasteiger partial charge in [-0.15, -0.1) is 0 Å². The standard InChI is InChI=1S/C15H20FNO2S/c1-20(18,19)14-7-12(3-4-13(14)16)17-10-11-8-15(9-11)5-2-6-15/h3-4,7,11,17H,2,5-6,8-10H2,1H3. The molecule has 0 saturated heterocycles. The maximum absolute atomic E-state index is 13.5. The van der Waals surface area contributed by atoms with Crippen LogP contribution >= 0.6 is 0 Å². The number of halogens is 1. The lowest BCUT2D eigenvalue weighted by Crippen LogP contribution is -2.44. The summed E-state index contributed by atoms with van der Waals surface area (Å²) in [6.07, 6.45) is 7.70. The first-order valence-electron chi connectivity index (χ1n) is 7.12. The Labute approximate surface area is 119 Å².